The maximum atomic E-state index is 12.9. The standard InChI is InChI=1S/C25H22F3N7O/c1-14(29)18-11-19(23-33-20(30)12-21(31)34-23)24(35-22(18)32-17-5-3-2-4-6-17)36-13-15-7-9-16(10-8-15)25(26,27)28/h2-12,29H,13H2,1H3,(H,32,35)(H4,30,31,33,34). The van der Waals surface area contributed by atoms with Gasteiger partial charge in [0.15, 0.2) is 5.82 Å². The quantitative estimate of drug-likeness (QED) is 0.252. The molecule has 0 aliphatic heterocycles. The van der Waals surface area contributed by atoms with Crippen LogP contribution in [0.3, 0.4) is 0 Å². The maximum absolute atomic E-state index is 12.9. The number of nitrogens with zero attached hydrogens (tertiary/aromatic N) is 3. The number of ether oxygens (including phenoxy) is 1. The molecule has 4 aromatic rings. The molecule has 2 aromatic carbocycles. The fourth-order valence-electron chi connectivity index (χ4n) is 3.35. The van der Waals surface area contributed by atoms with Gasteiger partial charge in [-0.15, -0.1) is 0 Å². The van der Waals surface area contributed by atoms with Gasteiger partial charge in [0.05, 0.1) is 11.1 Å². The van der Waals surface area contributed by atoms with Crippen LogP contribution in [0.15, 0.2) is 66.7 Å². The van der Waals surface area contributed by atoms with Gasteiger partial charge in [0.1, 0.15) is 24.1 Å². The van der Waals surface area contributed by atoms with Crippen LogP contribution in [0.1, 0.15) is 23.6 Å². The van der Waals surface area contributed by atoms with E-state index in [1.54, 1.807) is 13.0 Å². The summed E-state index contributed by atoms with van der Waals surface area (Å²) in [6.07, 6.45) is -4.43. The Hall–Kier alpha value is -4.67. The van der Waals surface area contributed by atoms with Crippen molar-refractivity contribution in [2.75, 3.05) is 16.8 Å². The zero-order chi connectivity index (χ0) is 25.9. The van der Waals surface area contributed by atoms with E-state index >= 15 is 0 Å². The van der Waals surface area contributed by atoms with E-state index in [9.17, 15) is 13.2 Å². The molecule has 0 saturated heterocycles. The Balaban J connectivity index is 1.76. The van der Waals surface area contributed by atoms with Crippen LogP contribution in [0.25, 0.3) is 11.4 Å². The van der Waals surface area contributed by atoms with Crippen molar-refractivity contribution >= 4 is 28.9 Å². The van der Waals surface area contributed by atoms with Crippen LogP contribution < -0.4 is 21.5 Å². The summed E-state index contributed by atoms with van der Waals surface area (Å²) in [7, 11) is 0. The number of rotatable bonds is 7. The highest BCUT2D eigenvalue weighted by molar-refractivity contribution is 6.02. The lowest BCUT2D eigenvalue weighted by Crippen LogP contribution is -2.09. The van der Waals surface area contributed by atoms with Gasteiger partial charge in [-0.1, -0.05) is 30.3 Å². The molecule has 36 heavy (non-hydrogen) atoms. The molecule has 0 spiro atoms. The van der Waals surface area contributed by atoms with E-state index in [0.29, 0.717) is 22.5 Å². The van der Waals surface area contributed by atoms with Gasteiger partial charge >= 0.3 is 6.18 Å². The average Bonchev–Trinajstić information content (AvgIpc) is 2.82. The van der Waals surface area contributed by atoms with Gasteiger partial charge in [-0.05, 0) is 42.8 Å². The van der Waals surface area contributed by atoms with Crippen molar-refractivity contribution in [3.05, 3.63) is 83.4 Å². The minimum Gasteiger partial charge on any atom is -0.472 e. The van der Waals surface area contributed by atoms with Crippen molar-refractivity contribution < 1.29 is 17.9 Å². The van der Waals surface area contributed by atoms with E-state index in [0.717, 1.165) is 17.8 Å². The third-order valence-electron chi connectivity index (χ3n) is 5.09. The maximum Gasteiger partial charge on any atom is 0.416 e. The largest absolute Gasteiger partial charge is 0.472 e. The molecule has 0 aliphatic rings. The second-order valence-electron chi connectivity index (χ2n) is 7.88. The van der Waals surface area contributed by atoms with Crippen LogP contribution in [-0.4, -0.2) is 20.7 Å². The molecule has 2 aromatic heterocycles. The molecule has 2 heterocycles. The van der Waals surface area contributed by atoms with E-state index in [-0.39, 0.29) is 35.7 Å². The Morgan fingerprint density at radius 2 is 1.58 bits per heavy atom. The number of anilines is 4. The van der Waals surface area contributed by atoms with E-state index in [4.69, 9.17) is 21.6 Å². The lowest BCUT2D eigenvalue weighted by Gasteiger charge is -2.17. The Labute approximate surface area is 204 Å². The van der Waals surface area contributed by atoms with Crippen molar-refractivity contribution in [3.63, 3.8) is 0 Å². The second kappa shape index (κ2) is 9.90. The number of hydrogen-bond acceptors (Lipinski definition) is 8. The molecule has 0 radical (unpaired) electrons. The summed E-state index contributed by atoms with van der Waals surface area (Å²) < 4.78 is 44.6. The Kier molecular flexibility index (Phi) is 6.73. The number of aromatic nitrogens is 3. The molecule has 0 saturated carbocycles. The minimum atomic E-state index is -4.43. The molecule has 0 atom stereocenters. The van der Waals surface area contributed by atoms with Crippen LogP contribution >= 0.6 is 0 Å². The Morgan fingerprint density at radius 1 is 0.944 bits per heavy atom. The first-order valence-electron chi connectivity index (χ1n) is 10.7. The van der Waals surface area contributed by atoms with Gasteiger partial charge in [0, 0.05) is 23.0 Å². The first kappa shape index (κ1) is 24.5. The number of alkyl halides is 3. The molecule has 0 aliphatic carbocycles. The molecule has 0 fully saturated rings. The molecular weight excluding hydrogens is 471 g/mol. The second-order valence-corrected chi connectivity index (χ2v) is 7.88. The average molecular weight is 493 g/mol. The van der Waals surface area contributed by atoms with E-state index in [1.807, 2.05) is 30.3 Å². The summed E-state index contributed by atoms with van der Waals surface area (Å²) in [4.78, 5) is 13.0. The summed E-state index contributed by atoms with van der Waals surface area (Å²) in [5.74, 6) is 0.827. The van der Waals surface area contributed by atoms with Gasteiger partial charge in [-0.2, -0.15) is 18.2 Å². The normalized spacial score (nSPS) is 11.2. The molecule has 8 nitrogen and oxygen atoms in total. The highest BCUT2D eigenvalue weighted by Crippen LogP contribution is 2.34. The summed E-state index contributed by atoms with van der Waals surface area (Å²) >= 11 is 0. The first-order valence-corrected chi connectivity index (χ1v) is 10.7. The zero-order valence-electron chi connectivity index (χ0n) is 19.1. The molecule has 0 bridgehead atoms. The van der Waals surface area contributed by atoms with E-state index in [2.05, 4.69) is 20.3 Å². The molecule has 11 heteroatoms. The monoisotopic (exact) mass is 493 g/mol. The smallest absolute Gasteiger partial charge is 0.416 e. The van der Waals surface area contributed by atoms with Gasteiger partial charge < -0.3 is 26.9 Å². The SMILES string of the molecule is CC(=N)c1cc(-c2nc(N)cc(N)n2)c(OCc2ccc(C(F)(F)F)cc2)nc1Nc1ccccc1. The number of halogens is 3. The van der Waals surface area contributed by atoms with Crippen LogP contribution in [0.2, 0.25) is 0 Å². The summed E-state index contributed by atoms with van der Waals surface area (Å²) in [5, 5.41) is 11.4. The summed E-state index contributed by atoms with van der Waals surface area (Å²) in [6, 6.07) is 16.9. The lowest BCUT2D eigenvalue weighted by molar-refractivity contribution is -0.137. The van der Waals surface area contributed by atoms with Crippen molar-refractivity contribution in [1.82, 2.24) is 15.0 Å². The first-order chi connectivity index (χ1) is 17.1. The Morgan fingerprint density at radius 3 is 2.17 bits per heavy atom. The fourth-order valence-corrected chi connectivity index (χ4v) is 3.35. The van der Waals surface area contributed by atoms with Gasteiger partial charge in [0.2, 0.25) is 5.88 Å². The van der Waals surface area contributed by atoms with Crippen molar-refractivity contribution in [1.29, 1.82) is 5.41 Å². The van der Waals surface area contributed by atoms with Crippen LogP contribution in [-0.2, 0) is 12.8 Å². The van der Waals surface area contributed by atoms with Gasteiger partial charge in [0.25, 0.3) is 0 Å². The number of benzene rings is 2. The molecule has 184 valence electrons. The molecule has 0 amide bonds. The lowest BCUT2D eigenvalue weighted by atomic mass is 10.1. The fraction of sp³-hybridized carbons (Fsp3) is 0.120. The third-order valence-corrected chi connectivity index (χ3v) is 5.09. The van der Waals surface area contributed by atoms with Crippen molar-refractivity contribution in [3.8, 4) is 17.3 Å². The molecule has 6 N–H and O–H groups in total. The van der Waals surface area contributed by atoms with Crippen LogP contribution in [0.5, 0.6) is 5.88 Å². The minimum absolute atomic E-state index is 0.0797. The number of pyridine rings is 1. The number of hydrogen-bond donors (Lipinski definition) is 4. The topological polar surface area (TPSA) is 136 Å². The third kappa shape index (κ3) is 5.69. The number of nitrogens with one attached hydrogen (secondary N) is 2. The van der Waals surface area contributed by atoms with E-state index in [1.165, 1.54) is 18.2 Å². The van der Waals surface area contributed by atoms with Crippen molar-refractivity contribution in [2.45, 2.75) is 19.7 Å². The number of nitrogens with two attached hydrogens (primary N) is 2. The highest BCUT2D eigenvalue weighted by Gasteiger charge is 2.30. The highest BCUT2D eigenvalue weighted by atomic mass is 19.4. The van der Waals surface area contributed by atoms with Gasteiger partial charge in [-0.25, -0.2) is 9.97 Å². The molecule has 4 rings (SSSR count). The zero-order valence-corrected chi connectivity index (χ0v) is 19.1. The molecular formula is C25H22F3N7O. The van der Waals surface area contributed by atoms with Crippen molar-refractivity contribution in [2.24, 2.45) is 0 Å². The number of para-hydroxylation sites is 1. The summed E-state index contributed by atoms with van der Waals surface area (Å²) in [6.45, 7) is 1.53. The Bertz CT molecular complexity index is 1370. The summed E-state index contributed by atoms with van der Waals surface area (Å²) in [5.41, 5.74) is 13.2. The molecule has 0 unspecified atom stereocenters. The predicted octanol–water partition coefficient (Wildman–Crippen LogP) is 5.43. The van der Waals surface area contributed by atoms with Crippen LogP contribution in [0, 0.1) is 5.41 Å². The predicted molar refractivity (Wildman–Crippen MR) is 132 cm³/mol. The van der Waals surface area contributed by atoms with E-state index < -0.39 is 11.7 Å². The van der Waals surface area contributed by atoms with Crippen LogP contribution in [0.4, 0.5) is 36.3 Å². The van der Waals surface area contributed by atoms with Gasteiger partial charge in [-0.3, -0.25) is 0 Å². The number of nitrogen functional groups attached to an aromatic ring is 2.